The fourth-order valence-electron chi connectivity index (χ4n) is 0.167. The average Bonchev–Trinajstić information content (AvgIpc) is 1.65. The maximum absolute atomic E-state index is 9.77. The summed E-state index contributed by atoms with van der Waals surface area (Å²) in [6, 6.07) is 0. The van der Waals surface area contributed by atoms with Crippen LogP contribution in [0.3, 0.4) is 0 Å². The van der Waals surface area contributed by atoms with Crippen LogP contribution in [-0.2, 0) is 4.79 Å². The molecule has 0 heterocycles. The molecule has 0 aliphatic rings. The molecule has 0 aromatic rings. The third-order valence-electron chi connectivity index (χ3n) is 0.614. The molecular weight excluding hydrogens is 183 g/mol. The van der Waals surface area contributed by atoms with E-state index in [4.69, 9.17) is 0 Å². The number of carboxylic acids is 1. The summed E-state index contributed by atoms with van der Waals surface area (Å²) in [4.78, 5) is 9.29. The number of carbonyl (C=O) groups is 1. The van der Waals surface area contributed by atoms with Crippen LogP contribution in [-0.4, -0.2) is 10.8 Å². The van der Waals surface area contributed by atoms with E-state index >= 15 is 0 Å². The van der Waals surface area contributed by atoms with E-state index in [9.17, 15) is 9.90 Å². The summed E-state index contributed by atoms with van der Waals surface area (Å²) in [5.74, 6) is -1.04. The Morgan fingerprint density at radius 3 is 2.25 bits per heavy atom. The van der Waals surface area contributed by atoms with Gasteiger partial charge >= 0.3 is 29.6 Å². The van der Waals surface area contributed by atoms with Crippen LogP contribution in [0, 0.1) is 0 Å². The Bertz CT molecular complexity index is 76.4. The van der Waals surface area contributed by atoms with E-state index in [0.29, 0.717) is 6.42 Å². The summed E-state index contributed by atoms with van der Waals surface area (Å²) < 4.78 is 0. The van der Waals surface area contributed by atoms with Crippen molar-refractivity contribution in [2.24, 2.45) is 0 Å². The molecule has 0 rings (SSSR count). The smallest absolute Gasteiger partial charge is 0.549 e. The Kier molecular flexibility index (Phi) is 8.89. The Balaban J connectivity index is 0. The minimum Gasteiger partial charge on any atom is -0.549 e. The van der Waals surface area contributed by atoms with Crippen LogP contribution in [0.4, 0.5) is 0 Å². The van der Waals surface area contributed by atoms with Gasteiger partial charge in [-0.15, -0.1) is 0 Å². The van der Waals surface area contributed by atoms with Crippen LogP contribution >= 0.6 is 15.9 Å². The number of hydrogen-bond acceptors (Lipinski definition) is 2. The van der Waals surface area contributed by atoms with Gasteiger partial charge in [0, 0.05) is 0 Å². The predicted octanol–water partition coefficient (Wildman–Crippen LogP) is -3.09. The molecule has 0 spiro atoms. The monoisotopic (exact) mass is 188 g/mol. The first-order valence-corrected chi connectivity index (χ1v) is 2.95. The molecule has 2 nitrogen and oxygen atoms in total. The third-order valence-corrected chi connectivity index (χ3v) is 1.64. The summed E-state index contributed by atoms with van der Waals surface area (Å²) in [6.45, 7) is 1.77. The van der Waals surface area contributed by atoms with Gasteiger partial charge in [-0.1, -0.05) is 22.9 Å². The molecule has 4 heteroatoms. The largest absolute Gasteiger partial charge is 1.00 e. The van der Waals surface area contributed by atoms with Crippen LogP contribution < -0.4 is 34.7 Å². The topological polar surface area (TPSA) is 40.1 Å². The van der Waals surface area contributed by atoms with Gasteiger partial charge in [0.25, 0.3) is 0 Å². The van der Waals surface area contributed by atoms with Gasteiger partial charge in [0.1, 0.15) is 0 Å². The minimum atomic E-state index is -1.04. The molecule has 0 aromatic carbocycles. The first-order chi connectivity index (χ1) is 3.18. The molecule has 0 aliphatic heterocycles. The van der Waals surface area contributed by atoms with Gasteiger partial charge in [-0.2, -0.15) is 0 Å². The molecule has 0 saturated carbocycles. The van der Waals surface area contributed by atoms with E-state index in [0.717, 1.165) is 0 Å². The number of carboxylic acid groups (broad SMARTS) is 1. The summed E-state index contributed by atoms with van der Waals surface area (Å²) in [5.41, 5.74) is 0. The maximum Gasteiger partial charge on any atom is 1.00 e. The number of carbonyl (C=O) groups excluding carboxylic acids is 1. The van der Waals surface area contributed by atoms with Gasteiger partial charge in [0.05, 0.1) is 10.8 Å². The molecule has 42 valence electrons. The second kappa shape index (κ2) is 6.08. The summed E-state index contributed by atoms with van der Waals surface area (Å²) in [5, 5.41) is 9.77. The van der Waals surface area contributed by atoms with Gasteiger partial charge in [0.15, 0.2) is 0 Å². The second-order valence-corrected chi connectivity index (χ2v) is 2.30. The quantitative estimate of drug-likeness (QED) is 0.341. The molecule has 0 saturated heterocycles. The van der Waals surface area contributed by atoms with Crippen molar-refractivity contribution in [3.63, 3.8) is 0 Å². The Hall–Kier alpha value is 0.950. The third kappa shape index (κ3) is 5.09. The van der Waals surface area contributed by atoms with Crippen molar-refractivity contribution in [3.05, 3.63) is 0 Å². The molecular formula is C4H6BrNaO2. The molecule has 0 bridgehead atoms. The Labute approximate surface area is 79.1 Å². The predicted molar refractivity (Wildman–Crippen MR) is 28.0 cm³/mol. The molecule has 1 unspecified atom stereocenters. The second-order valence-electron chi connectivity index (χ2n) is 1.19. The zero-order valence-electron chi connectivity index (χ0n) is 4.98. The maximum atomic E-state index is 9.77. The molecule has 0 N–H and O–H groups in total. The molecule has 0 aromatic heterocycles. The molecule has 8 heavy (non-hydrogen) atoms. The van der Waals surface area contributed by atoms with Crippen molar-refractivity contribution in [2.45, 2.75) is 18.2 Å². The zero-order valence-corrected chi connectivity index (χ0v) is 8.56. The minimum absolute atomic E-state index is 0. The van der Waals surface area contributed by atoms with E-state index in [1.54, 1.807) is 6.92 Å². The van der Waals surface area contributed by atoms with E-state index < -0.39 is 10.8 Å². The van der Waals surface area contributed by atoms with Gasteiger partial charge in [-0.05, 0) is 6.42 Å². The summed E-state index contributed by atoms with van der Waals surface area (Å²) in [6.07, 6.45) is 0.572. The fraction of sp³-hybridized carbons (Fsp3) is 0.750. The van der Waals surface area contributed by atoms with Crippen molar-refractivity contribution in [1.29, 1.82) is 0 Å². The molecule has 0 aliphatic carbocycles. The van der Waals surface area contributed by atoms with Gasteiger partial charge in [0.2, 0.25) is 0 Å². The molecule has 0 fully saturated rings. The summed E-state index contributed by atoms with van der Waals surface area (Å²) in [7, 11) is 0. The zero-order chi connectivity index (χ0) is 5.86. The average molecular weight is 189 g/mol. The van der Waals surface area contributed by atoms with E-state index in [1.165, 1.54) is 0 Å². The van der Waals surface area contributed by atoms with E-state index in [-0.39, 0.29) is 29.6 Å². The number of rotatable bonds is 2. The van der Waals surface area contributed by atoms with Crippen LogP contribution in [0.2, 0.25) is 0 Å². The number of hydrogen-bond donors (Lipinski definition) is 0. The summed E-state index contributed by atoms with van der Waals surface area (Å²) >= 11 is 2.88. The first kappa shape index (κ1) is 11.7. The molecule has 1 atom stereocenters. The van der Waals surface area contributed by atoms with Crippen molar-refractivity contribution in [1.82, 2.24) is 0 Å². The molecule has 0 radical (unpaired) electrons. The normalized spacial score (nSPS) is 11.8. The van der Waals surface area contributed by atoms with Crippen LogP contribution in [0.5, 0.6) is 0 Å². The van der Waals surface area contributed by atoms with Gasteiger partial charge in [-0.25, -0.2) is 0 Å². The van der Waals surface area contributed by atoms with Crippen molar-refractivity contribution in [3.8, 4) is 0 Å². The van der Waals surface area contributed by atoms with Gasteiger partial charge < -0.3 is 9.90 Å². The van der Waals surface area contributed by atoms with Crippen LogP contribution in [0.15, 0.2) is 0 Å². The fourth-order valence-corrected chi connectivity index (χ4v) is 0.167. The van der Waals surface area contributed by atoms with Crippen molar-refractivity contribution < 1.29 is 39.5 Å². The number of alkyl halides is 1. The number of halogens is 1. The van der Waals surface area contributed by atoms with E-state index in [1.807, 2.05) is 0 Å². The number of aliphatic carboxylic acids is 1. The standard InChI is InChI=1S/C4H7BrO2.Na/c1-2-3(5)4(6)7;/h3H,2H2,1H3,(H,6,7);/q;+1/p-1. The SMILES string of the molecule is CCC(Br)C(=O)[O-].[Na+]. The first-order valence-electron chi connectivity index (χ1n) is 2.03. The van der Waals surface area contributed by atoms with Crippen LogP contribution in [0.1, 0.15) is 13.3 Å². The molecule has 0 amide bonds. The van der Waals surface area contributed by atoms with Crippen molar-refractivity contribution in [2.75, 3.05) is 0 Å². The van der Waals surface area contributed by atoms with Crippen molar-refractivity contribution >= 4 is 21.9 Å². The Morgan fingerprint density at radius 2 is 2.25 bits per heavy atom. The van der Waals surface area contributed by atoms with Crippen LogP contribution in [0.25, 0.3) is 0 Å². The van der Waals surface area contributed by atoms with E-state index in [2.05, 4.69) is 15.9 Å². The Morgan fingerprint density at radius 1 is 1.88 bits per heavy atom. The van der Waals surface area contributed by atoms with Gasteiger partial charge in [-0.3, -0.25) is 0 Å².